The van der Waals surface area contributed by atoms with Crippen LogP contribution < -0.4 is 10.6 Å². The molecule has 1 aromatic carbocycles. The number of anilines is 1. The summed E-state index contributed by atoms with van der Waals surface area (Å²) in [5.41, 5.74) is 5.58. The first-order chi connectivity index (χ1) is 9.00. The van der Waals surface area contributed by atoms with Crippen LogP contribution in [-0.2, 0) is 0 Å². The molecule has 0 heterocycles. The van der Waals surface area contributed by atoms with E-state index in [0.717, 1.165) is 6.54 Å². The van der Waals surface area contributed by atoms with Gasteiger partial charge in [-0.2, -0.15) is 0 Å². The number of benzene rings is 1. The number of halogens is 2. The van der Waals surface area contributed by atoms with E-state index < -0.39 is 11.6 Å². The summed E-state index contributed by atoms with van der Waals surface area (Å²) < 4.78 is 27.8. The minimum absolute atomic E-state index is 0.0366. The molecule has 19 heavy (non-hydrogen) atoms. The zero-order valence-corrected chi connectivity index (χ0v) is 11.8. The first kappa shape index (κ1) is 14.2. The average Bonchev–Trinajstić information content (AvgIpc) is 2.84. The number of thiocarbonyl (C=S) groups is 1. The maximum absolute atomic E-state index is 14.0. The summed E-state index contributed by atoms with van der Waals surface area (Å²) in [5, 5.41) is 0. The van der Waals surface area contributed by atoms with Crippen molar-refractivity contribution in [1.82, 2.24) is 0 Å². The molecule has 1 saturated carbocycles. The third-order valence-corrected chi connectivity index (χ3v) is 3.97. The molecule has 5 heteroatoms. The zero-order valence-electron chi connectivity index (χ0n) is 11.0. The van der Waals surface area contributed by atoms with Crippen LogP contribution in [0, 0.1) is 17.6 Å². The highest BCUT2D eigenvalue weighted by molar-refractivity contribution is 7.80. The number of nitrogens with two attached hydrogens (primary N) is 1. The molecule has 0 atom stereocenters. The summed E-state index contributed by atoms with van der Waals surface area (Å²) in [6.07, 6.45) is 4.80. The van der Waals surface area contributed by atoms with E-state index in [4.69, 9.17) is 18.0 Å². The van der Waals surface area contributed by atoms with Crippen LogP contribution >= 0.6 is 12.2 Å². The van der Waals surface area contributed by atoms with Crippen LogP contribution in [0.25, 0.3) is 0 Å². The summed E-state index contributed by atoms with van der Waals surface area (Å²) in [5.74, 6) is -1.25. The predicted molar refractivity (Wildman–Crippen MR) is 77.5 cm³/mol. The Balaban J connectivity index is 2.19. The Kier molecular flexibility index (Phi) is 4.34. The lowest BCUT2D eigenvalue weighted by atomic mass is 10.1. The van der Waals surface area contributed by atoms with Gasteiger partial charge in [0, 0.05) is 19.2 Å². The van der Waals surface area contributed by atoms with Gasteiger partial charge in [-0.3, -0.25) is 0 Å². The van der Waals surface area contributed by atoms with Gasteiger partial charge in [-0.05, 0) is 30.9 Å². The Morgan fingerprint density at radius 1 is 1.32 bits per heavy atom. The van der Waals surface area contributed by atoms with E-state index in [1.54, 1.807) is 18.0 Å². The Labute approximate surface area is 117 Å². The van der Waals surface area contributed by atoms with Gasteiger partial charge >= 0.3 is 0 Å². The molecule has 1 aromatic rings. The van der Waals surface area contributed by atoms with Crippen molar-refractivity contribution in [1.29, 1.82) is 0 Å². The summed E-state index contributed by atoms with van der Waals surface area (Å²) in [7, 11) is 1.79. The van der Waals surface area contributed by atoms with Crippen molar-refractivity contribution in [3.8, 4) is 0 Å². The zero-order chi connectivity index (χ0) is 14.0. The Morgan fingerprint density at radius 2 is 1.95 bits per heavy atom. The molecule has 0 saturated heterocycles. The molecular weight excluding hydrogens is 266 g/mol. The van der Waals surface area contributed by atoms with Crippen LogP contribution in [0.4, 0.5) is 14.5 Å². The average molecular weight is 284 g/mol. The van der Waals surface area contributed by atoms with Crippen LogP contribution in [-0.4, -0.2) is 18.6 Å². The second-order valence-electron chi connectivity index (χ2n) is 5.16. The quantitative estimate of drug-likeness (QED) is 0.861. The van der Waals surface area contributed by atoms with Crippen LogP contribution in [0.5, 0.6) is 0 Å². The molecule has 0 bridgehead atoms. The Bertz CT molecular complexity index is 485. The van der Waals surface area contributed by atoms with Crippen LogP contribution in [0.3, 0.4) is 0 Å². The molecule has 0 aliphatic heterocycles. The van der Waals surface area contributed by atoms with Crippen molar-refractivity contribution >= 4 is 22.9 Å². The lowest BCUT2D eigenvalue weighted by molar-refractivity contribution is 0.497. The van der Waals surface area contributed by atoms with Gasteiger partial charge in [0.15, 0.2) is 11.6 Å². The molecule has 1 aliphatic rings. The van der Waals surface area contributed by atoms with Crippen molar-refractivity contribution in [2.45, 2.75) is 25.7 Å². The molecule has 1 aliphatic carbocycles. The van der Waals surface area contributed by atoms with Gasteiger partial charge < -0.3 is 10.6 Å². The summed E-state index contributed by atoms with van der Waals surface area (Å²) >= 11 is 4.69. The first-order valence-corrected chi connectivity index (χ1v) is 6.90. The second-order valence-corrected chi connectivity index (χ2v) is 5.60. The van der Waals surface area contributed by atoms with E-state index in [1.165, 1.54) is 31.7 Å². The van der Waals surface area contributed by atoms with E-state index in [-0.39, 0.29) is 16.2 Å². The SMILES string of the molecule is CN(CC1CCCC1)c1ccc(C(N)=S)c(F)c1F. The number of hydrogen-bond donors (Lipinski definition) is 1. The lowest BCUT2D eigenvalue weighted by Crippen LogP contribution is -2.25. The maximum Gasteiger partial charge on any atom is 0.182 e. The Hall–Kier alpha value is -1.23. The molecule has 0 aromatic heterocycles. The van der Waals surface area contributed by atoms with Crippen LogP contribution in [0.2, 0.25) is 0 Å². The van der Waals surface area contributed by atoms with Gasteiger partial charge in [-0.25, -0.2) is 8.78 Å². The highest BCUT2D eigenvalue weighted by Crippen LogP contribution is 2.29. The van der Waals surface area contributed by atoms with Crippen molar-refractivity contribution in [2.24, 2.45) is 11.7 Å². The van der Waals surface area contributed by atoms with E-state index in [0.29, 0.717) is 5.92 Å². The second kappa shape index (κ2) is 5.82. The van der Waals surface area contributed by atoms with Gasteiger partial charge in [0.1, 0.15) is 4.99 Å². The lowest BCUT2D eigenvalue weighted by Gasteiger charge is -2.24. The first-order valence-electron chi connectivity index (χ1n) is 6.49. The minimum atomic E-state index is -0.955. The third kappa shape index (κ3) is 3.03. The van der Waals surface area contributed by atoms with Gasteiger partial charge in [0.25, 0.3) is 0 Å². The molecule has 0 amide bonds. The number of hydrogen-bond acceptors (Lipinski definition) is 2. The molecule has 1 fully saturated rings. The van der Waals surface area contributed by atoms with Crippen molar-refractivity contribution in [2.75, 3.05) is 18.5 Å². The standard InChI is InChI=1S/C14H18F2N2S/c1-18(8-9-4-2-3-5-9)11-7-6-10(14(17)19)12(15)13(11)16/h6-7,9H,2-5,8H2,1H3,(H2,17,19). The van der Waals surface area contributed by atoms with Gasteiger partial charge in [-0.1, -0.05) is 25.1 Å². The molecule has 2 nitrogen and oxygen atoms in total. The van der Waals surface area contributed by atoms with Gasteiger partial charge in [0.2, 0.25) is 0 Å². The molecule has 2 rings (SSSR count). The van der Waals surface area contributed by atoms with Crippen LogP contribution in [0.15, 0.2) is 12.1 Å². The number of rotatable bonds is 4. The van der Waals surface area contributed by atoms with Crippen molar-refractivity contribution in [3.63, 3.8) is 0 Å². The monoisotopic (exact) mass is 284 g/mol. The minimum Gasteiger partial charge on any atom is -0.389 e. The topological polar surface area (TPSA) is 29.3 Å². The summed E-state index contributed by atoms with van der Waals surface area (Å²) in [4.78, 5) is 1.65. The van der Waals surface area contributed by atoms with E-state index >= 15 is 0 Å². The normalized spacial score (nSPS) is 15.7. The predicted octanol–water partition coefficient (Wildman–Crippen LogP) is 3.23. The molecule has 0 spiro atoms. The fourth-order valence-corrected chi connectivity index (χ4v) is 2.86. The molecule has 2 N–H and O–H groups in total. The van der Waals surface area contributed by atoms with Crippen molar-refractivity contribution < 1.29 is 8.78 Å². The summed E-state index contributed by atoms with van der Waals surface area (Å²) in [6, 6.07) is 2.99. The molecule has 0 radical (unpaired) electrons. The van der Waals surface area contributed by atoms with Gasteiger partial charge in [0.05, 0.1) is 5.69 Å². The van der Waals surface area contributed by atoms with E-state index in [2.05, 4.69) is 0 Å². The summed E-state index contributed by atoms with van der Waals surface area (Å²) in [6.45, 7) is 0.753. The van der Waals surface area contributed by atoms with Crippen LogP contribution in [0.1, 0.15) is 31.2 Å². The van der Waals surface area contributed by atoms with E-state index in [1.807, 2.05) is 0 Å². The largest absolute Gasteiger partial charge is 0.389 e. The molecule has 0 unspecified atom stereocenters. The van der Waals surface area contributed by atoms with E-state index in [9.17, 15) is 8.78 Å². The molecule has 104 valence electrons. The molecular formula is C14H18F2N2S. The highest BCUT2D eigenvalue weighted by atomic mass is 32.1. The third-order valence-electron chi connectivity index (χ3n) is 3.75. The Morgan fingerprint density at radius 3 is 2.53 bits per heavy atom. The fraction of sp³-hybridized carbons (Fsp3) is 0.500. The highest BCUT2D eigenvalue weighted by Gasteiger charge is 2.21. The van der Waals surface area contributed by atoms with Crippen molar-refractivity contribution in [3.05, 3.63) is 29.3 Å². The smallest absolute Gasteiger partial charge is 0.182 e. The maximum atomic E-state index is 14.0. The van der Waals surface area contributed by atoms with Gasteiger partial charge in [-0.15, -0.1) is 0 Å². The fourth-order valence-electron chi connectivity index (χ4n) is 2.70. The number of nitrogens with zero attached hydrogens (tertiary/aromatic N) is 1.